The maximum absolute atomic E-state index is 12.2. The summed E-state index contributed by atoms with van der Waals surface area (Å²) in [5, 5.41) is 0.283. The molecule has 0 aromatic carbocycles. The van der Waals surface area contributed by atoms with Crippen LogP contribution in [0, 0.1) is 0 Å². The van der Waals surface area contributed by atoms with Crippen LogP contribution in [0.15, 0.2) is 30.1 Å². The second-order valence-corrected chi connectivity index (χ2v) is 4.31. The molecular weight excluding hydrogens is 268 g/mol. The Bertz CT molecular complexity index is 495. The van der Waals surface area contributed by atoms with Crippen LogP contribution in [0.3, 0.4) is 0 Å². The van der Waals surface area contributed by atoms with Gasteiger partial charge in [0.15, 0.2) is 0 Å². The zero-order valence-electron chi connectivity index (χ0n) is 11.0. The Labute approximate surface area is 116 Å². The van der Waals surface area contributed by atoms with E-state index < -0.39 is 11.8 Å². The third kappa shape index (κ3) is 4.37. The van der Waals surface area contributed by atoms with E-state index in [-0.39, 0.29) is 22.9 Å². The summed E-state index contributed by atoms with van der Waals surface area (Å²) in [5.74, 6) is -1.10. The highest BCUT2D eigenvalue weighted by Crippen LogP contribution is 2.12. The standard InChI is InChI=1S/C13H15ClN2O3/c1-4-19-13(18)10(8-16(2)3)12(17)9-5-6-11(14)15-7-9/h5-8H,4H2,1-3H3. The van der Waals surface area contributed by atoms with Gasteiger partial charge in [-0.05, 0) is 19.1 Å². The second-order valence-electron chi connectivity index (χ2n) is 3.93. The van der Waals surface area contributed by atoms with Gasteiger partial charge in [-0.3, -0.25) is 4.79 Å². The van der Waals surface area contributed by atoms with E-state index >= 15 is 0 Å². The van der Waals surface area contributed by atoms with E-state index in [1.54, 1.807) is 25.9 Å². The highest BCUT2D eigenvalue weighted by molar-refractivity contribution is 6.29. The molecule has 0 atom stereocenters. The molecule has 102 valence electrons. The molecule has 1 aromatic rings. The molecule has 19 heavy (non-hydrogen) atoms. The van der Waals surface area contributed by atoms with Gasteiger partial charge in [-0.2, -0.15) is 0 Å². The highest BCUT2D eigenvalue weighted by atomic mass is 35.5. The van der Waals surface area contributed by atoms with Gasteiger partial charge in [0.25, 0.3) is 0 Å². The summed E-state index contributed by atoms with van der Waals surface area (Å²) in [5.41, 5.74) is 0.238. The van der Waals surface area contributed by atoms with Crippen molar-refractivity contribution < 1.29 is 14.3 Å². The number of nitrogens with zero attached hydrogens (tertiary/aromatic N) is 2. The Morgan fingerprint density at radius 1 is 1.42 bits per heavy atom. The molecule has 0 saturated heterocycles. The number of halogens is 1. The first-order valence-electron chi connectivity index (χ1n) is 5.67. The van der Waals surface area contributed by atoms with Gasteiger partial charge in [-0.15, -0.1) is 0 Å². The van der Waals surface area contributed by atoms with Gasteiger partial charge in [0.05, 0.1) is 6.61 Å². The monoisotopic (exact) mass is 282 g/mol. The van der Waals surface area contributed by atoms with Crippen LogP contribution in [-0.2, 0) is 9.53 Å². The van der Waals surface area contributed by atoms with Crippen molar-refractivity contribution in [3.05, 3.63) is 40.8 Å². The first-order valence-corrected chi connectivity index (χ1v) is 6.05. The van der Waals surface area contributed by atoms with E-state index in [4.69, 9.17) is 16.3 Å². The molecule has 0 saturated carbocycles. The quantitative estimate of drug-likeness (QED) is 0.206. The van der Waals surface area contributed by atoms with Crippen LogP contribution in [-0.4, -0.2) is 42.3 Å². The van der Waals surface area contributed by atoms with E-state index in [1.807, 2.05) is 0 Å². The summed E-state index contributed by atoms with van der Waals surface area (Å²) in [6, 6.07) is 3.01. The van der Waals surface area contributed by atoms with Crippen molar-refractivity contribution in [3.63, 3.8) is 0 Å². The number of carbonyl (C=O) groups excluding carboxylic acids is 2. The molecule has 0 spiro atoms. The summed E-state index contributed by atoms with van der Waals surface area (Å²) < 4.78 is 4.87. The third-order valence-corrected chi connectivity index (χ3v) is 2.34. The van der Waals surface area contributed by atoms with Gasteiger partial charge < -0.3 is 9.64 Å². The van der Waals surface area contributed by atoms with Crippen LogP contribution in [0.2, 0.25) is 5.15 Å². The van der Waals surface area contributed by atoms with Crippen molar-refractivity contribution in [2.45, 2.75) is 6.92 Å². The average Bonchev–Trinajstić information content (AvgIpc) is 2.36. The number of hydrogen-bond acceptors (Lipinski definition) is 5. The molecule has 1 rings (SSSR count). The van der Waals surface area contributed by atoms with Gasteiger partial charge >= 0.3 is 5.97 Å². The molecular formula is C13H15ClN2O3. The molecule has 0 fully saturated rings. The Kier molecular flexibility index (Phi) is 5.51. The van der Waals surface area contributed by atoms with Gasteiger partial charge in [0.1, 0.15) is 10.7 Å². The molecule has 0 N–H and O–H groups in total. The van der Waals surface area contributed by atoms with E-state index in [9.17, 15) is 9.59 Å². The Balaban J connectivity index is 3.08. The number of carbonyl (C=O) groups is 2. The molecule has 0 bridgehead atoms. The molecule has 0 aliphatic rings. The van der Waals surface area contributed by atoms with Crippen LogP contribution in [0.25, 0.3) is 0 Å². The van der Waals surface area contributed by atoms with E-state index in [1.165, 1.54) is 24.5 Å². The largest absolute Gasteiger partial charge is 0.462 e. The minimum absolute atomic E-state index is 0.0454. The SMILES string of the molecule is CCOC(=O)C(=CN(C)C)C(=O)c1ccc(Cl)nc1. The number of aromatic nitrogens is 1. The van der Waals surface area contributed by atoms with Crippen LogP contribution in [0.1, 0.15) is 17.3 Å². The van der Waals surface area contributed by atoms with E-state index in [0.29, 0.717) is 0 Å². The summed E-state index contributed by atoms with van der Waals surface area (Å²) in [4.78, 5) is 29.4. The molecule has 0 aliphatic heterocycles. The Morgan fingerprint density at radius 2 is 2.11 bits per heavy atom. The van der Waals surface area contributed by atoms with Gasteiger partial charge in [-0.25, -0.2) is 9.78 Å². The number of ketones is 1. The fourth-order valence-corrected chi connectivity index (χ4v) is 1.45. The van der Waals surface area contributed by atoms with Gasteiger partial charge in [-0.1, -0.05) is 11.6 Å². The topological polar surface area (TPSA) is 59.5 Å². The second kappa shape index (κ2) is 6.89. The number of esters is 1. The third-order valence-electron chi connectivity index (χ3n) is 2.12. The van der Waals surface area contributed by atoms with E-state index in [2.05, 4.69) is 4.98 Å². The molecule has 5 nitrogen and oxygen atoms in total. The number of Topliss-reactive ketones (excluding diaryl/α,β-unsaturated/α-hetero) is 1. The van der Waals surface area contributed by atoms with Crippen molar-refractivity contribution >= 4 is 23.4 Å². The van der Waals surface area contributed by atoms with Crippen molar-refractivity contribution in [1.29, 1.82) is 0 Å². The highest BCUT2D eigenvalue weighted by Gasteiger charge is 2.21. The molecule has 0 amide bonds. The number of hydrogen-bond donors (Lipinski definition) is 0. The van der Waals surface area contributed by atoms with Crippen LogP contribution < -0.4 is 0 Å². The maximum Gasteiger partial charge on any atom is 0.343 e. The zero-order chi connectivity index (χ0) is 14.4. The summed E-state index contributed by atoms with van der Waals surface area (Å²) >= 11 is 5.66. The van der Waals surface area contributed by atoms with Crippen molar-refractivity contribution in [2.75, 3.05) is 20.7 Å². The first kappa shape index (κ1) is 15.2. The summed E-state index contributed by atoms with van der Waals surface area (Å²) in [6.45, 7) is 1.88. The lowest BCUT2D eigenvalue weighted by atomic mass is 10.1. The minimum Gasteiger partial charge on any atom is -0.462 e. The first-order chi connectivity index (χ1) is 8.95. The normalized spacial score (nSPS) is 11.1. The fraction of sp³-hybridized carbons (Fsp3) is 0.308. The average molecular weight is 283 g/mol. The van der Waals surface area contributed by atoms with Crippen molar-refractivity contribution in [1.82, 2.24) is 9.88 Å². The summed E-state index contributed by atoms with van der Waals surface area (Å²) in [7, 11) is 3.43. The van der Waals surface area contributed by atoms with Crippen molar-refractivity contribution in [2.24, 2.45) is 0 Å². The molecule has 0 aliphatic carbocycles. The molecule has 6 heteroatoms. The van der Waals surface area contributed by atoms with Crippen LogP contribution in [0.5, 0.6) is 0 Å². The Hall–Kier alpha value is -1.88. The van der Waals surface area contributed by atoms with Gasteiger partial charge in [0.2, 0.25) is 5.78 Å². The van der Waals surface area contributed by atoms with E-state index in [0.717, 1.165) is 0 Å². The smallest absolute Gasteiger partial charge is 0.343 e. The number of rotatable bonds is 5. The lowest BCUT2D eigenvalue weighted by Gasteiger charge is -2.10. The number of ether oxygens (including phenoxy) is 1. The number of pyridine rings is 1. The predicted octanol–water partition coefficient (Wildman–Crippen LogP) is 1.93. The van der Waals surface area contributed by atoms with Gasteiger partial charge in [0, 0.05) is 32.1 Å². The van der Waals surface area contributed by atoms with Crippen LogP contribution >= 0.6 is 11.6 Å². The molecule has 0 radical (unpaired) electrons. The predicted molar refractivity (Wildman–Crippen MR) is 72.0 cm³/mol. The Morgan fingerprint density at radius 3 is 2.58 bits per heavy atom. The molecule has 1 heterocycles. The van der Waals surface area contributed by atoms with Crippen molar-refractivity contribution in [3.8, 4) is 0 Å². The van der Waals surface area contributed by atoms with Crippen LogP contribution in [0.4, 0.5) is 0 Å². The summed E-state index contributed by atoms with van der Waals surface area (Å²) in [6.07, 6.45) is 2.75. The lowest BCUT2D eigenvalue weighted by Crippen LogP contribution is -2.19. The molecule has 0 unspecified atom stereocenters. The fourth-order valence-electron chi connectivity index (χ4n) is 1.34. The zero-order valence-corrected chi connectivity index (χ0v) is 11.8. The molecule has 1 aromatic heterocycles. The maximum atomic E-state index is 12.2. The lowest BCUT2D eigenvalue weighted by molar-refractivity contribution is -0.138. The minimum atomic E-state index is -0.656.